The van der Waals surface area contributed by atoms with Gasteiger partial charge in [0.2, 0.25) is 8.87 Å². The Labute approximate surface area is 136 Å². The van der Waals surface area contributed by atoms with Gasteiger partial charge in [0, 0.05) is 5.75 Å². The third kappa shape index (κ3) is 8.55. The van der Waals surface area contributed by atoms with E-state index in [2.05, 4.69) is 6.58 Å². The Morgan fingerprint density at radius 2 is 1.55 bits per heavy atom. The second kappa shape index (κ2) is 11.7. The second-order valence-corrected chi connectivity index (χ2v) is 8.22. The molecule has 0 spiro atoms. The van der Waals surface area contributed by atoms with Crippen LogP contribution in [-0.2, 0) is 23.1 Å². The van der Waals surface area contributed by atoms with Crippen LogP contribution in [0.15, 0.2) is 47.9 Å². The van der Waals surface area contributed by atoms with Crippen LogP contribution in [0.4, 0.5) is 0 Å². The third-order valence-corrected chi connectivity index (χ3v) is 5.98. The summed E-state index contributed by atoms with van der Waals surface area (Å²) in [6.45, 7) is 6.37. The van der Waals surface area contributed by atoms with Crippen molar-refractivity contribution in [1.82, 2.24) is 0 Å². The lowest BCUT2D eigenvalue weighted by Gasteiger charge is -2.06. The maximum absolute atomic E-state index is 12.0. The Morgan fingerprint density at radius 3 is 2.18 bits per heavy atom. The lowest BCUT2D eigenvalue weighted by atomic mass is 10.4. The monoisotopic (exact) mass is 346 g/mol. The molecule has 0 aromatic heterocycles. The molecule has 0 amide bonds. The highest BCUT2D eigenvalue weighted by molar-refractivity contribution is 8.72. The third-order valence-electron chi connectivity index (χ3n) is 2.48. The second-order valence-electron chi connectivity index (χ2n) is 4.18. The standard InChI is InChI=1S/C15H22O5S2/c1-2-8-18-9-10-19-11-12-20-13-14-21-22(16,17)15-6-4-3-5-7-15/h2-7H,1,8-14H2. The predicted molar refractivity (Wildman–Crippen MR) is 88.7 cm³/mol. The van der Waals surface area contributed by atoms with Gasteiger partial charge in [-0.2, -0.15) is 0 Å². The molecule has 0 saturated heterocycles. The van der Waals surface area contributed by atoms with E-state index in [1.165, 1.54) is 0 Å². The molecule has 0 N–H and O–H groups in total. The van der Waals surface area contributed by atoms with Gasteiger partial charge in [0.25, 0.3) is 0 Å². The molecule has 1 rings (SSSR count). The van der Waals surface area contributed by atoms with Crippen LogP contribution in [0, 0.1) is 0 Å². The molecule has 0 bridgehead atoms. The van der Waals surface area contributed by atoms with Crippen molar-refractivity contribution in [3.8, 4) is 0 Å². The van der Waals surface area contributed by atoms with Gasteiger partial charge < -0.3 is 14.2 Å². The zero-order chi connectivity index (χ0) is 16.1. The van der Waals surface area contributed by atoms with E-state index >= 15 is 0 Å². The van der Waals surface area contributed by atoms with Crippen LogP contribution in [-0.4, -0.2) is 53.8 Å². The molecule has 0 atom stereocenters. The van der Waals surface area contributed by atoms with Gasteiger partial charge in [-0.1, -0.05) is 24.3 Å². The van der Waals surface area contributed by atoms with Crippen LogP contribution in [0.5, 0.6) is 0 Å². The summed E-state index contributed by atoms with van der Waals surface area (Å²) < 4.78 is 39.7. The summed E-state index contributed by atoms with van der Waals surface area (Å²) in [4.78, 5) is 0.322. The van der Waals surface area contributed by atoms with Crippen molar-refractivity contribution in [2.75, 3.05) is 45.4 Å². The van der Waals surface area contributed by atoms with Crippen LogP contribution in [0.25, 0.3) is 0 Å². The van der Waals surface area contributed by atoms with Gasteiger partial charge in [-0.3, -0.25) is 0 Å². The van der Waals surface area contributed by atoms with Crippen molar-refractivity contribution in [2.45, 2.75) is 4.90 Å². The fourth-order valence-electron chi connectivity index (χ4n) is 1.46. The Balaban J connectivity index is 2.00. The normalized spacial score (nSPS) is 11.5. The maximum Gasteiger partial charge on any atom is 0.230 e. The fourth-order valence-corrected chi connectivity index (χ4v) is 4.10. The van der Waals surface area contributed by atoms with E-state index in [-0.39, 0.29) is 0 Å². The van der Waals surface area contributed by atoms with Crippen molar-refractivity contribution < 1.29 is 22.6 Å². The number of hydrogen-bond donors (Lipinski definition) is 0. The average molecular weight is 346 g/mol. The van der Waals surface area contributed by atoms with Crippen molar-refractivity contribution in [3.05, 3.63) is 43.0 Å². The molecule has 124 valence electrons. The highest BCUT2D eigenvalue weighted by Gasteiger charge is 2.13. The first-order valence-corrected chi connectivity index (χ1v) is 9.94. The first-order valence-electron chi connectivity index (χ1n) is 6.95. The van der Waals surface area contributed by atoms with E-state index in [4.69, 9.17) is 14.2 Å². The van der Waals surface area contributed by atoms with Crippen molar-refractivity contribution in [2.24, 2.45) is 0 Å². The van der Waals surface area contributed by atoms with Gasteiger partial charge in [-0.25, -0.2) is 8.42 Å². The van der Waals surface area contributed by atoms with Crippen molar-refractivity contribution in [3.63, 3.8) is 0 Å². The summed E-state index contributed by atoms with van der Waals surface area (Å²) in [6, 6.07) is 8.38. The lowest BCUT2D eigenvalue weighted by molar-refractivity contribution is 0.0228. The molecule has 1 aromatic carbocycles. The molecule has 0 aliphatic heterocycles. The molecule has 0 heterocycles. The van der Waals surface area contributed by atoms with Gasteiger partial charge >= 0.3 is 0 Å². The topological polar surface area (TPSA) is 61.8 Å². The molecule has 0 aliphatic carbocycles. The molecular formula is C15H22O5S2. The smallest absolute Gasteiger partial charge is 0.230 e. The van der Waals surface area contributed by atoms with E-state index in [1.54, 1.807) is 36.4 Å². The molecule has 1 aromatic rings. The molecule has 22 heavy (non-hydrogen) atoms. The minimum absolute atomic E-state index is 0.322. The molecule has 0 aliphatic rings. The van der Waals surface area contributed by atoms with Crippen molar-refractivity contribution >= 4 is 19.7 Å². The van der Waals surface area contributed by atoms with Gasteiger partial charge in [0.05, 0.1) is 44.5 Å². The fraction of sp³-hybridized carbons (Fsp3) is 0.467. The van der Waals surface area contributed by atoms with Crippen LogP contribution in [0.1, 0.15) is 0 Å². The number of rotatable bonds is 13. The summed E-state index contributed by atoms with van der Waals surface area (Å²) in [5.74, 6) is 0.389. The molecule has 0 radical (unpaired) electrons. The molecular weight excluding hydrogens is 324 g/mol. The molecule has 5 nitrogen and oxygen atoms in total. The highest BCUT2D eigenvalue weighted by atomic mass is 33.1. The van der Waals surface area contributed by atoms with Crippen LogP contribution in [0.3, 0.4) is 0 Å². The molecule has 7 heteroatoms. The van der Waals surface area contributed by atoms with E-state index in [9.17, 15) is 8.42 Å². The zero-order valence-corrected chi connectivity index (χ0v) is 14.1. The van der Waals surface area contributed by atoms with E-state index in [0.29, 0.717) is 50.3 Å². The van der Waals surface area contributed by atoms with E-state index < -0.39 is 8.87 Å². The van der Waals surface area contributed by atoms with Gasteiger partial charge in [0.1, 0.15) is 0 Å². The van der Waals surface area contributed by atoms with Crippen LogP contribution in [0.2, 0.25) is 0 Å². The first-order chi connectivity index (χ1) is 10.7. The molecule has 0 unspecified atom stereocenters. The molecule has 0 saturated carbocycles. The summed E-state index contributed by atoms with van der Waals surface area (Å²) >= 11 is 0. The summed E-state index contributed by atoms with van der Waals surface area (Å²) in [6.07, 6.45) is 1.68. The Hall–Kier alpha value is -0.860. The minimum atomic E-state index is -3.29. The first kappa shape index (κ1) is 19.2. The summed E-state index contributed by atoms with van der Waals surface area (Å²) in [5, 5.41) is 0. The van der Waals surface area contributed by atoms with Gasteiger partial charge in [-0.05, 0) is 22.9 Å². The van der Waals surface area contributed by atoms with Crippen LogP contribution >= 0.6 is 10.8 Å². The number of benzene rings is 1. The van der Waals surface area contributed by atoms with E-state index in [1.807, 2.05) is 0 Å². The highest BCUT2D eigenvalue weighted by Crippen LogP contribution is 2.22. The van der Waals surface area contributed by atoms with Crippen LogP contribution < -0.4 is 0 Å². The Kier molecular flexibility index (Phi) is 10.2. The zero-order valence-electron chi connectivity index (χ0n) is 12.5. The number of hydrogen-bond acceptors (Lipinski definition) is 6. The average Bonchev–Trinajstić information content (AvgIpc) is 2.53. The van der Waals surface area contributed by atoms with Crippen molar-refractivity contribution in [1.29, 1.82) is 0 Å². The Morgan fingerprint density at radius 1 is 0.955 bits per heavy atom. The van der Waals surface area contributed by atoms with Gasteiger partial charge in [-0.15, -0.1) is 6.58 Å². The number of ether oxygens (including phenoxy) is 3. The molecule has 0 fully saturated rings. The SMILES string of the molecule is C=CCOCCOCCOCCSS(=O)(=O)c1ccccc1. The maximum atomic E-state index is 12.0. The Bertz CT molecular complexity index is 502. The summed E-state index contributed by atoms with van der Waals surface area (Å²) in [7, 11) is -2.40. The minimum Gasteiger partial charge on any atom is -0.378 e. The van der Waals surface area contributed by atoms with Gasteiger partial charge in [0.15, 0.2) is 0 Å². The predicted octanol–water partition coefficient (Wildman–Crippen LogP) is 2.34. The largest absolute Gasteiger partial charge is 0.378 e. The summed E-state index contributed by atoms with van der Waals surface area (Å²) in [5.41, 5.74) is 0. The van der Waals surface area contributed by atoms with E-state index in [0.717, 1.165) is 10.8 Å². The quantitative estimate of drug-likeness (QED) is 0.310. The lowest BCUT2D eigenvalue weighted by Crippen LogP contribution is -2.10.